The summed E-state index contributed by atoms with van der Waals surface area (Å²) in [5.74, 6) is 0. The number of hydrogen-bond donors (Lipinski definition) is 0. The zero-order valence-corrected chi connectivity index (χ0v) is 10.8. The lowest BCUT2D eigenvalue weighted by Gasteiger charge is -2.14. The van der Waals surface area contributed by atoms with Crippen LogP contribution in [0.15, 0.2) is 12.2 Å². The number of rotatable bonds is 8. The van der Waals surface area contributed by atoms with E-state index in [1.54, 1.807) is 14.2 Å². The van der Waals surface area contributed by atoms with Crippen LogP contribution in [-0.2, 0) is 13.3 Å². The van der Waals surface area contributed by atoms with Crippen molar-refractivity contribution in [3.05, 3.63) is 12.2 Å². The topological polar surface area (TPSA) is 27.7 Å². The van der Waals surface area contributed by atoms with E-state index in [1.165, 1.54) is 12.8 Å². The summed E-state index contributed by atoms with van der Waals surface area (Å²) in [6.07, 6.45) is 7.89. The first-order valence-electron chi connectivity index (χ1n) is 5.12. The lowest BCUT2D eigenvalue weighted by molar-refractivity contribution is 0.115. The molecule has 0 aromatic heterocycles. The zero-order chi connectivity index (χ0) is 10.8. The Morgan fingerprint density at radius 3 is 2.43 bits per heavy atom. The summed E-state index contributed by atoms with van der Waals surface area (Å²) in [5, 5.41) is 0. The van der Waals surface area contributed by atoms with Crippen molar-refractivity contribution >= 4 is 9.53 Å². The highest BCUT2D eigenvalue weighted by atomic mass is 28.3. The van der Waals surface area contributed by atoms with Gasteiger partial charge >= 0.3 is 9.53 Å². The molecule has 0 aromatic carbocycles. The Morgan fingerprint density at radius 2 is 1.93 bits per heavy atom. The number of hydrogen-bond acceptors (Lipinski definition) is 3. The predicted molar refractivity (Wildman–Crippen MR) is 60.4 cm³/mol. The van der Waals surface area contributed by atoms with Crippen LogP contribution in [-0.4, -0.2) is 29.9 Å². The van der Waals surface area contributed by atoms with Gasteiger partial charge in [-0.15, -0.1) is 0 Å². The van der Waals surface area contributed by atoms with Crippen molar-refractivity contribution in [2.45, 2.75) is 39.2 Å². The highest BCUT2D eigenvalue weighted by Gasteiger charge is 2.13. The molecule has 0 heterocycles. The van der Waals surface area contributed by atoms with Gasteiger partial charge in [-0.2, -0.15) is 0 Å². The smallest absolute Gasteiger partial charge is 0.379 e. The van der Waals surface area contributed by atoms with Crippen LogP contribution in [0.4, 0.5) is 0 Å². The molecular weight excluding hydrogens is 196 g/mol. The molecule has 0 aliphatic heterocycles. The molecule has 0 saturated carbocycles. The minimum Gasteiger partial charge on any atom is -0.379 e. The fraction of sp³-hybridized carbons (Fsp3) is 0.800. The average Bonchev–Trinajstić information content (AvgIpc) is 2.21. The van der Waals surface area contributed by atoms with Gasteiger partial charge in [0.05, 0.1) is 6.10 Å². The summed E-state index contributed by atoms with van der Waals surface area (Å²) in [5.41, 5.74) is 0. The molecule has 0 radical (unpaired) electrons. The summed E-state index contributed by atoms with van der Waals surface area (Å²) in [4.78, 5) is 0. The molecule has 0 N–H and O–H groups in total. The maximum atomic E-state index is 5.54. The lowest BCUT2D eigenvalue weighted by Crippen LogP contribution is -2.27. The van der Waals surface area contributed by atoms with Crippen molar-refractivity contribution in [3.63, 3.8) is 0 Å². The van der Waals surface area contributed by atoms with Crippen molar-refractivity contribution in [1.82, 2.24) is 0 Å². The number of allylic oxidation sites excluding steroid dienone is 1. The van der Waals surface area contributed by atoms with Crippen LogP contribution in [0.25, 0.3) is 0 Å². The highest BCUT2D eigenvalue weighted by Crippen LogP contribution is 2.01. The monoisotopic (exact) mass is 218 g/mol. The number of unbranched alkanes of at least 4 members (excludes halogenated alkanes) is 2. The molecule has 84 valence electrons. The van der Waals surface area contributed by atoms with E-state index in [0.717, 1.165) is 6.42 Å². The Hall–Kier alpha value is -0.163. The summed E-state index contributed by atoms with van der Waals surface area (Å²) in [7, 11) is 1.38. The molecule has 1 unspecified atom stereocenters. The van der Waals surface area contributed by atoms with Crippen LogP contribution in [0.5, 0.6) is 0 Å². The quantitative estimate of drug-likeness (QED) is 0.355. The third-order valence-electron chi connectivity index (χ3n) is 1.84. The van der Waals surface area contributed by atoms with E-state index < -0.39 is 9.53 Å². The molecule has 1 atom stereocenters. The van der Waals surface area contributed by atoms with Crippen molar-refractivity contribution in [2.75, 3.05) is 14.2 Å². The minimum absolute atomic E-state index is 0.0865. The Labute approximate surface area is 89.0 Å². The summed E-state index contributed by atoms with van der Waals surface area (Å²) < 4.78 is 15.7. The van der Waals surface area contributed by atoms with Crippen LogP contribution in [0, 0.1) is 0 Å². The zero-order valence-electron chi connectivity index (χ0n) is 9.66. The highest BCUT2D eigenvalue weighted by molar-refractivity contribution is 6.36. The molecule has 0 rings (SSSR count). The SMILES string of the molecule is CCCCC=CC(C)O[SiH](OC)OC. The van der Waals surface area contributed by atoms with E-state index in [9.17, 15) is 0 Å². The second-order valence-corrected chi connectivity index (χ2v) is 4.96. The van der Waals surface area contributed by atoms with Crippen molar-refractivity contribution < 1.29 is 13.3 Å². The molecule has 0 bridgehead atoms. The van der Waals surface area contributed by atoms with E-state index in [2.05, 4.69) is 19.1 Å². The normalized spacial score (nSPS) is 14.1. The first-order chi connectivity index (χ1) is 6.74. The summed E-state index contributed by atoms with van der Waals surface area (Å²) >= 11 is 0. The average molecular weight is 218 g/mol. The van der Waals surface area contributed by atoms with Crippen LogP contribution in [0.3, 0.4) is 0 Å². The van der Waals surface area contributed by atoms with E-state index in [1.807, 2.05) is 6.92 Å². The second kappa shape index (κ2) is 9.39. The standard InChI is InChI=1S/C10H22O3Si/c1-5-6-7-8-9-10(2)13-14(11-3)12-4/h8-10,14H,5-7H2,1-4H3. The molecule has 0 aliphatic rings. The van der Waals surface area contributed by atoms with Gasteiger partial charge in [-0.1, -0.05) is 31.9 Å². The molecule has 0 saturated heterocycles. The van der Waals surface area contributed by atoms with Gasteiger partial charge in [-0.3, -0.25) is 0 Å². The van der Waals surface area contributed by atoms with Gasteiger partial charge in [0.2, 0.25) is 0 Å². The maximum Gasteiger partial charge on any atom is 0.484 e. The van der Waals surface area contributed by atoms with Gasteiger partial charge in [0, 0.05) is 14.2 Å². The molecule has 3 nitrogen and oxygen atoms in total. The Bertz CT molecular complexity index is 146. The Morgan fingerprint density at radius 1 is 1.29 bits per heavy atom. The van der Waals surface area contributed by atoms with Gasteiger partial charge in [0.1, 0.15) is 0 Å². The molecule has 0 aliphatic carbocycles. The molecule has 0 fully saturated rings. The Kier molecular flexibility index (Phi) is 9.28. The van der Waals surface area contributed by atoms with Crippen LogP contribution < -0.4 is 0 Å². The first-order valence-corrected chi connectivity index (χ1v) is 6.53. The Balaban J connectivity index is 3.61. The van der Waals surface area contributed by atoms with Gasteiger partial charge < -0.3 is 13.3 Å². The maximum absolute atomic E-state index is 5.54. The fourth-order valence-electron chi connectivity index (χ4n) is 1.04. The van der Waals surface area contributed by atoms with Crippen LogP contribution >= 0.6 is 0 Å². The van der Waals surface area contributed by atoms with Crippen molar-refractivity contribution in [3.8, 4) is 0 Å². The van der Waals surface area contributed by atoms with E-state index in [-0.39, 0.29) is 6.10 Å². The predicted octanol–water partition coefficient (Wildman–Crippen LogP) is 2.15. The fourth-order valence-corrected chi connectivity index (χ4v) is 1.89. The summed E-state index contributed by atoms with van der Waals surface area (Å²) in [6, 6.07) is 0. The minimum atomic E-state index is -1.86. The van der Waals surface area contributed by atoms with Crippen LogP contribution in [0.1, 0.15) is 33.1 Å². The lowest BCUT2D eigenvalue weighted by atomic mass is 10.2. The molecule has 4 heteroatoms. The van der Waals surface area contributed by atoms with Crippen molar-refractivity contribution in [2.24, 2.45) is 0 Å². The second-order valence-electron chi connectivity index (χ2n) is 3.17. The van der Waals surface area contributed by atoms with Gasteiger partial charge in [0.15, 0.2) is 0 Å². The molecule has 0 aromatic rings. The van der Waals surface area contributed by atoms with Crippen LogP contribution in [0.2, 0.25) is 0 Å². The third-order valence-corrected chi connectivity index (χ3v) is 3.26. The molecule has 14 heavy (non-hydrogen) atoms. The third kappa shape index (κ3) is 7.26. The van der Waals surface area contributed by atoms with Crippen molar-refractivity contribution in [1.29, 1.82) is 0 Å². The van der Waals surface area contributed by atoms with E-state index in [4.69, 9.17) is 13.3 Å². The van der Waals surface area contributed by atoms with Gasteiger partial charge in [-0.25, -0.2) is 0 Å². The van der Waals surface area contributed by atoms with E-state index >= 15 is 0 Å². The molecular formula is C10H22O3Si. The van der Waals surface area contributed by atoms with Gasteiger partial charge in [0.25, 0.3) is 0 Å². The largest absolute Gasteiger partial charge is 0.484 e. The summed E-state index contributed by atoms with van der Waals surface area (Å²) in [6.45, 7) is 4.19. The molecule has 0 amide bonds. The van der Waals surface area contributed by atoms with E-state index in [0.29, 0.717) is 0 Å². The molecule has 0 spiro atoms. The van der Waals surface area contributed by atoms with Gasteiger partial charge in [-0.05, 0) is 13.3 Å². The first kappa shape index (κ1) is 13.8.